The van der Waals surface area contributed by atoms with Crippen LogP contribution in [0.3, 0.4) is 0 Å². The van der Waals surface area contributed by atoms with Crippen molar-refractivity contribution in [2.45, 2.75) is 20.8 Å². The number of aryl methyl sites for hydroxylation is 3. The second-order valence-corrected chi connectivity index (χ2v) is 6.69. The van der Waals surface area contributed by atoms with Crippen LogP contribution >= 0.6 is 15.9 Å². The molecule has 4 nitrogen and oxygen atoms in total. The van der Waals surface area contributed by atoms with Crippen molar-refractivity contribution in [1.82, 2.24) is 0 Å². The first-order valence-corrected chi connectivity index (χ1v) is 8.62. The molecule has 130 valence electrons. The van der Waals surface area contributed by atoms with Crippen molar-refractivity contribution < 1.29 is 14.3 Å². The SMILES string of the molecule is Cc1ccc(/C=C/C(=O)OCC(=O)Nc2cc(C)ccc2C)c(Br)c1. The number of hydrogen-bond acceptors (Lipinski definition) is 3. The Bertz CT molecular complexity index is 828. The molecule has 2 rings (SSSR count). The van der Waals surface area contributed by atoms with Crippen LogP contribution in [-0.4, -0.2) is 18.5 Å². The molecule has 0 unspecified atom stereocenters. The quantitative estimate of drug-likeness (QED) is 0.589. The lowest BCUT2D eigenvalue weighted by Crippen LogP contribution is -2.20. The number of hydrogen-bond donors (Lipinski definition) is 1. The second-order valence-electron chi connectivity index (χ2n) is 5.83. The average Bonchev–Trinajstić information content (AvgIpc) is 2.55. The molecule has 0 bridgehead atoms. The minimum Gasteiger partial charge on any atom is -0.452 e. The minimum atomic E-state index is -0.566. The number of rotatable bonds is 5. The zero-order chi connectivity index (χ0) is 18.4. The molecule has 0 aliphatic rings. The maximum atomic E-state index is 11.9. The highest BCUT2D eigenvalue weighted by Gasteiger charge is 2.08. The molecular formula is C20H20BrNO3. The van der Waals surface area contributed by atoms with E-state index in [9.17, 15) is 9.59 Å². The van der Waals surface area contributed by atoms with E-state index in [1.54, 1.807) is 6.08 Å². The summed E-state index contributed by atoms with van der Waals surface area (Å²) >= 11 is 3.44. The molecule has 0 aliphatic heterocycles. The van der Waals surface area contributed by atoms with Crippen molar-refractivity contribution in [2.75, 3.05) is 11.9 Å². The maximum absolute atomic E-state index is 11.9. The topological polar surface area (TPSA) is 55.4 Å². The summed E-state index contributed by atoms with van der Waals surface area (Å²) in [5.41, 5.74) is 4.70. The molecule has 2 aromatic rings. The van der Waals surface area contributed by atoms with Gasteiger partial charge in [0, 0.05) is 16.2 Å². The van der Waals surface area contributed by atoms with Crippen molar-refractivity contribution in [3.05, 3.63) is 69.2 Å². The van der Waals surface area contributed by atoms with Gasteiger partial charge in [-0.2, -0.15) is 0 Å². The van der Waals surface area contributed by atoms with Gasteiger partial charge in [-0.3, -0.25) is 4.79 Å². The molecule has 2 aromatic carbocycles. The van der Waals surface area contributed by atoms with Gasteiger partial charge in [-0.25, -0.2) is 4.79 Å². The van der Waals surface area contributed by atoms with Crippen LogP contribution < -0.4 is 5.32 Å². The normalized spacial score (nSPS) is 10.7. The summed E-state index contributed by atoms with van der Waals surface area (Å²) in [6.07, 6.45) is 2.95. The first kappa shape index (κ1) is 18.9. The molecule has 0 heterocycles. The van der Waals surface area contributed by atoms with Crippen molar-refractivity contribution in [3.8, 4) is 0 Å². The lowest BCUT2D eigenvalue weighted by atomic mass is 10.1. The monoisotopic (exact) mass is 401 g/mol. The Morgan fingerprint density at radius 3 is 2.48 bits per heavy atom. The highest BCUT2D eigenvalue weighted by molar-refractivity contribution is 9.10. The predicted molar refractivity (Wildman–Crippen MR) is 103 cm³/mol. The largest absolute Gasteiger partial charge is 0.452 e. The van der Waals surface area contributed by atoms with Gasteiger partial charge in [-0.05, 0) is 61.2 Å². The van der Waals surface area contributed by atoms with Gasteiger partial charge in [0.15, 0.2) is 6.61 Å². The number of ether oxygens (including phenoxy) is 1. The second kappa shape index (κ2) is 8.62. The maximum Gasteiger partial charge on any atom is 0.331 e. The lowest BCUT2D eigenvalue weighted by Gasteiger charge is -2.09. The number of halogens is 1. The summed E-state index contributed by atoms with van der Waals surface area (Å²) in [5, 5.41) is 2.75. The third-order valence-corrected chi connectivity index (χ3v) is 4.25. The first-order valence-electron chi connectivity index (χ1n) is 7.83. The Morgan fingerprint density at radius 1 is 1.08 bits per heavy atom. The smallest absolute Gasteiger partial charge is 0.331 e. The molecule has 0 radical (unpaired) electrons. The van der Waals surface area contributed by atoms with Crippen molar-refractivity contribution in [1.29, 1.82) is 0 Å². The number of esters is 1. The standard InChI is InChI=1S/C20H20BrNO3/c1-13-5-7-16(17(21)10-13)8-9-20(24)25-12-19(23)22-18-11-14(2)4-6-15(18)3/h4-11H,12H2,1-3H3,(H,22,23)/b9-8+. The number of anilines is 1. The van der Waals surface area contributed by atoms with Gasteiger partial charge in [-0.1, -0.05) is 40.2 Å². The molecule has 5 heteroatoms. The summed E-state index contributed by atoms with van der Waals surface area (Å²) in [6, 6.07) is 11.6. The molecule has 0 saturated heterocycles. The van der Waals surface area contributed by atoms with E-state index in [0.717, 1.165) is 32.4 Å². The van der Waals surface area contributed by atoms with E-state index >= 15 is 0 Å². The molecule has 0 spiro atoms. The van der Waals surface area contributed by atoms with Crippen molar-refractivity contribution >= 4 is 39.6 Å². The Hall–Kier alpha value is -2.40. The molecule has 0 aromatic heterocycles. The number of carbonyl (C=O) groups is 2. The molecule has 0 aliphatic carbocycles. The van der Waals surface area contributed by atoms with Gasteiger partial charge < -0.3 is 10.1 Å². The van der Waals surface area contributed by atoms with E-state index in [-0.39, 0.29) is 12.5 Å². The van der Waals surface area contributed by atoms with Gasteiger partial charge in [0.05, 0.1) is 0 Å². The highest BCUT2D eigenvalue weighted by Crippen LogP contribution is 2.19. The van der Waals surface area contributed by atoms with E-state index in [1.165, 1.54) is 6.08 Å². The Balaban J connectivity index is 1.87. The van der Waals surface area contributed by atoms with Crippen LogP contribution in [0.2, 0.25) is 0 Å². The molecule has 25 heavy (non-hydrogen) atoms. The lowest BCUT2D eigenvalue weighted by molar-refractivity contribution is -0.142. The summed E-state index contributed by atoms with van der Waals surface area (Å²) in [7, 11) is 0. The van der Waals surface area contributed by atoms with E-state index in [1.807, 2.05) is 57.2 Å². The van der Waals surface area contributed by atoms with Crippen LogP contribution in [0, 0.1) is 20.8 Å². The fourth-order valence-electron chi connectivity index (χ4n) is 2.17. The van der Waals surface area contributed by atoms with Crippen molar-refractivity contribution in [3.63, 3.8) is 0 Å². The number of benzene rings is 2. The summed E-state index contributed by atoms with van der Waals surface area (Å²) < 4.78 is 5.87. The van der Waals surface area contributed by atoms with Crippen molar-refractivity contribution in [2.24, 2.45) is 0 Å². The van der Waals surface area contributed by atoms with Crippen LogP contribution in [-0.2, 0) is 14.3 Å². The predicted octanol–water partition coefficient (Wildman–Crippen LogP) is 4.57. The average molecular weight is 402 g/mol. The van der Waals surface area contributed by atoms with Gasteiger partial charge in [-0.15, -0.1) is 0 Å². The fraction of sp³-hybridized carbons (Fsp3) is 0.200. The summed E-state index contributed by atoms with van der Waals surface area (Å²) in [6.45, 7) is 5.51. The number of carbonyl (C=O) groups excluding carboxylic acids is 2. The first-order chi connectivity index (χ1) is 11.8. The summed E-state index contributed by atoms with van der Waals surface area (Å²) in [4.78, 5) is 23.7. The van der Waals surface area contributed by atoms with Gasteiger partial charge >= 0.3 is 5.97 Å². The highest BCUT2D eigenvalue weighted by atomic mass is 79.9. The van der Waals surface area contributed by atoms with Gasteiger partial charge in [0.25, 0.3) is 5.91 Å². The van der Waals surface area contributed by atoms with E-state index in [0.29, 0.717) is 0 Å². The Labute approximate surface area is 156 Å². The van der Waals surface area contributed by atoms with Crippen LogP contribution in [0.4, 0.5) is 5.69 Å². The van der Waals surface area contributed by atoms with E-state index < -0.39 is 5.97 Å². The molecule has 0 atom stereocenters. The minimum absolute atomic E-state index is 0.328. The fourth-order valence-corrected chi connectivity index (χ4v) is 2.79. The van der Waals surface area contributed by atoms with Crippen LogP contribution in [0.15, 0.2) is 46.9 Å². The molecule has 0 saturated carbocycles. The summed E-state index contributed by atoms with van der Waals surface area (Å²) in [5.74, 6) is -0.935. The van der Waals surface area contributed by atoms with Crippen LogP contribution in [0.5, 0.6) is 0 Å². The number of nitrogens with one attached hydrogen (secondary N) is 1. The Morgan fingerprint density at radius 2 is 1.76 bits per heavy atom. The van der Waals surface area contributed by atoms with E-state index in [2.05, 4.69) is 21.2 Å². The Kier molecular flexibility index (Phi) is 6.53. The molecule has 1 N–H and O–H groups in total. The molecule has 1 amide bonds. The van der Waals surface area contributed by atoms with Gasteiger partial charge in [0.2, 0.25) is 0 Å². The third kappa shape index (κ3) is 5.87. The molecule has 0 fully saturated rings. The van der Waals surface area contributed by atoms with Crippen LogP contribution in [0.25, 0.3) is 6.08 Å². The molecular weight excluding hydrogens is 382 g/mol. The zero-order valence-electron chi connectivity index (χ0n) is 14.4. The third-order valence-electron chi connectivity index (χ3n) is 3.57. The van der Waals surface area contributed by atoms with Crippen LogP contribution in [0.1, 0.15) is 22.3 Å². The van der Waals surface area contributed by atoms with E-state index in [4.69, 9.17) is 4.74 Å². The number of amides is 1. The zero-order valence-corrected chi connectivity index (χ0v) is 16.0. The van der Waals surface area contributed by atoms with Gasteiger partial charge in [0.1, 0.15) is 0 Å².